The number of hydrogen-bond acceptors (Lipinski definition) is 4. The van der Waals surface area contributed by atoms with Gasteiger partial charge in [0.05, 0.1) is 6.21 Å². The van der Waals surface area contributed by atoms with Gasteiger partial charge in [0.15, 0.2) is 6.61 Å². The molecule has 0 aliphatic rings. The van der Waals surface area contributed by atoms with Crippen molar-refractivity contribution in [3.05, 3.63) is 59.9 Å². The van der Waals surface area contributed by atoms with E-state index in [2.05, 4.69) is 29.4 Å². The van der Waals surface area contributed by atoms with Crippen LogP contribution in [0.1, 0.15) is 37.3 Å². The second kappa shape index (κ2) is 8.68. The minimum atomic E-state index is -0.309. The van der Waals surface area contributed by atoms with Gasteiger partial charge in [-0.05, 0) is 36.1 Å². The van der Waals surface area contributed by atoms with Crippen LogP contribution in [0.5, 0.6) is 5.75 Å². The molecule has 0 spiro atoms. The lowest BCUT2D eigenvalue weighted by atomic mass is 9.99. The van der Waals surface area contributed by atoms with Crippen molar-refractivity contribution in [3.63, 3.8) is 0 Å². The van der Waals surface area contributed by atoms with Crippen molar-refractivity contribution in [2.45, 2.75) is 26.2 Å². The van der Waals surface area contributed by atoms with Crippen molar-refractivity contribution in [2.24, 2.45) is 5.10 Å². The first kappa shape index (κ1) is 16.7. The van der Waals surface area contributed by atoms with Crippen LogP contribution in [0.4, 0.5) is 0 Å². The molecule has 23 heavy (non-hydrogen) atoms. The number of amides is 1. The third-order valence-corrected chi connectivity index (χ3v) is 3.52. The van der Waals surface area contributed by atoms with Crippen LogP contribution in [0.3, 0.4) is 0 Å². The summed E-state index contributed by atoms with van der Waals surface area (Å²) >= 11 is 0. The highest BCUT2D eigenvalue weighted by Gasteiger charge is 2.04. The topological polar surface area (TPSA) is 63.6 Å². The van der Waals surface area contributed by atoms with Gasteiger partial charge in [-0.15, -0.1) is 0 Å². The molecule has 0 saturated carbocycles. The highest BCUT2D eigenvalue weighted by Crippen LogP contribution is 2.21. The number of carbonyl (C=O) groups is 1. The van der Waals surface area contributed by atoms with E-state index in [1.165, 1.54) is 11.8 Å². The lowest BCUT2D eigenvalue weighted by Crippen LogP contribution is -2.24. The lowest BCUT2D eigenvalue weighted by Gasteiger charge is -2.10. The molecule has 5 nitrogen and oxygen atoms in total. The Kier molecular flexibility index (Phi) is 6.29. The van der Waals surface area contributed by atoms with E-state index in [0.717, 1.165) is 12.0 Å². The van der Waals surface area contributed by atoms with Crippen LogP contribution in [-0.2, 0) is 4.79 Å². The average Bonchev–Trinajstić information content (AvgIpc) is 2.60. The van der Waals surface area contributed by atoms with Gasteiger partial charge in [-0.1, -0.05) is 32.0 Å². The molecule has 0 aliphatic heterocycles. The summed E-state index contributed by atoms with van der Waals surface area (Å²) in [6.45, 7) is 4.27. The molecular weight excluding hydrogens is 290 g/mol. The summed E-state index contributed by atoms with van der Waals surface area (Å²) < 4.78 is 5.44. The standard InChI is InChI=1S/C18H21N3O2/c1-3-14(2)16-6-8-17(9-7-16)23-13-18(22)21-20-12-15-5-4-10-19-11-15/h4-12,14H,3,13H2,1-2H3,(H,21,22). The Bertz CT molecular complexity index is 639. The second-order valence-electron chi connectivity index (χ2n) is 5.25. The normalized spacial score (nSPS) is 12.1. The SMILES string of the molecule is CCC(C)c1ccc(OCC(=O)NN=Cc2cccnc2)cc1. The minimum absolute atomic E-state index is 0.0763. The summed E-state index contributed by atoms with van der Waals surface area (Å²) in [6.07, 6.45) is 5.96. The molecule has 2 aromatic rings. The van der Waals surface area contributed by atoms with Gasteiger partial charge >= 0.3 is 0 Å². The Morgan fingerprint density at radius 2 is 2.13 bits per heavy atom. The van der Waals surface area contributed by atoms with Crippen molar-refractivity contribution in [2.75, 3.05) is 6.61 Å². The highest BCUT2D eigenvalue weighted by molar-refractivity contribution is 5.82. The monoisotopic (exact) mass is 311 g/mol. The van der Waals surface area contributed by atoms with Gasteiger partial charge in [-0.3, -0.25) is 9.78 Å². The molecule has 0 radical (unpaired) electrons. The van der Waals surface area contributed by atoms with E-state index in [4.69, 9.17) is 4.74 Å². The van der Waals surface area contributed by atoms with E-state index in [9.17, 15) is 4.79 Å². The Hall–Kier alpha value is -2.69. The van der Waals surface area contributed by atoms with Gasteiger partial charge in [0.1, 0.15) is 5.75 Å². The molecule has 1 aromatic heterocycles. The first-order valence-corrected chi connectivity index (χ1v) is 7.63. The molecule has 5 heteroatoms. The number of carbonyl (C=O) groups excluding carboxylic acids is 1. The van der Waals surface area contributed by atoms with E-state index in [-0.39, 0.29) is 12.5 Å². The predicted octanol–water partition coefficient (Wildman–Crippen LogP) is 3.12. The fourth-order valence-corrected chi connectivity index (χ4v) is 1.94. The van der Waals surface area contributed by atoms with Crippen molar-refractivity contribution < 1.29 is 9.53 Å². The molecule has 1 amide bonds. The van der Waals surface area contributed by atoms with Crippen LogP contribution in [0.15, 0.2) is 53.9 Å². The number of hydrogen-bond donors (Lipinski definition) is 1. The van der Waals surface area contributed by atoms with Gasteiger partial charge < -0.3 is 4.74 Å². The van der Waals surface area contributed by atoms with Crippen molar-refractivity contribution in [3.8, 4) is 5.75 Å². The van der Waals surface area contributed by atoms with Gasteiger partial charge in [-0.2, -0.15) is 5.10 Å². The zero-order valence-corrected chi connectivity index (χ0v) is 13.4. The zero-order chi connectivity index (χ0) is 16.5. The molecule has 1 aromatic carbocycles. The molecule has 1 atom stereocenters. The molecule has 2 rings (SSSR count). The Morgan fingerprint density at radius 1 is 1.35 bits per heavy atom. The van der Waals surface area contributed by atoms with Crippen LogP contribution in [-0.4, -0.2) is 23.7 Å². The van der Waals surface area contributed by atoms with Crippen LogP contribution in [0, 0.1) is 0 Å². The van der Waals surface area contributed by atoms with Crippen molar-refractivity contribution in [1.82, 2.24) is 10.4 Å². The molecule has 1 heterocycles. The van der Waals surface area contributed by atoms with E-state index in [0.29, 0.717) is 11.7 Å². The number of ether oxygens (including phenoxy) is 1. The van der Waals surface area contributed by atoms with Crippen LogP contribution >= 0.6 is 0 Å². The van der Waals surface area contributed by atoms with E-state index < -0.39 is 0 Å². The summed E-state index contributed by atoms with van der Waals surface area (Å²) in [4.78, 5) is 15.6. The van der Waals surface area contributed by atoms with Gasteiger partial charge in [-0.25, -0.2) is 5.43 Å². The predicted molar refractivity (Wildman–Crippen MR) is 90.6 cm³/mol. The zero-order valence-electron chi connectivity index (χ0n) is 13.4. The number of rotatable bonds is 7. The molecule has 0 fully saturated rings. The Labute approximate surface area is 136 Å². The van der Waals surface area contributed by atoms with E-state index in [1.54, 1.807) is 18.5 Å². The molecule has 120 valence electrons. The summed E-state index contributed by atoms with van der Waals surface area (Å²) in [5, 5.41) is 3.86. The number of aromatic nitrogens is 1. The van der Waals surface area contributed by atoms with E-state index in [1.807, 2.05) is 30.3 Å². The first-order valence-electron chi connectivity index (χ1n) is 7.63. The molecule has 1 unspecified atom stereocenters. The van der Waals surface area contributed by atoms with Crippen molar-refractivity contribution in [1.29, 1.82) is 0 Å². The van der Waals surface area contributed by atoms with E-state index >= 15 is 0 Å². The Morgan fingerprint density at radius 3 is 2.78 bits per heavy atom. The van der Waals surface area contributed by atoms with Gasteiger partial charge in [0.2, 0.25) is 0 Å². The third kappa shape index (κ3) is 5.54. The third-order valence-electron chi connectivity index (χ3n) is 3.52. The molecular formula is C18H21N3O2. The smallest absolute Gasteiger partial charge is 0.277 e. The summed E-state index contributed by atoms with van der Waals surface area (Å²) in [7, 11) is 0. The largest absolute Gasteiger partial charge is 0.484 e. The number of nitrogens with one attached hydrogen (secondary N) is 1. The molecule has 0 saturated heterocycles. The number of benzene rings is 1. The van der Waals surface area contributed by atoms with Crippen molar-refractivity contribution >= 4 is 12.1 Å². The van der Waals surface area contributed by atoms with Gasteiger partial charge in [0, 0.05) is 18.0 Å². The molecule has 1 N–H and O–H groups in total. The lowest BCUT2D eigenvalue weighted by molar-refractivity contribution is -0.123. The quantitative estimate of drug-likeness (QED) is 0.631. The number of hydrazone groups is 1. The number of pyridine rings is 1. The summed E-state index contributed by atoms with van der Waals surface area (Å²) in [6, 6.07) is 11.5. The summed E-state index contributed by atoms with van der Waals surface area (Å²) in [5.74, 6) is 0.883. The summed E-state index contributed by atoms with van der Waals surface area (Å²) in [5.41, 5.74) is 4.50. The highest BCUT2D eigenvalue weighted by atomic mass is 16.5. The molecule has 0 bridgehead atoms. The fourth-order valence-electron chi connectivity index (χ4n) is 1.94. The van der Waals surface area contributed by atoms with Crippen LogP contribution in [0.2, 0.25) is 0 Å². The number of nitrogens with zero attached hydrogens (tertiary/aromatic N) is 2. The van der Waals surface area contributed by atoms with Gasteiger partial charge in [0.25, 0.3) is 5.91 Å². The fraction of sp³-hybridized carbons (Fsp3) is 0.278. The van der Waals surface area contributed by atoms with Crippen LogP contribution < -0.4 is 10.2 Å². The minimum Gasteiger partial charge on any atom is -0.484 e. The maximum atomic E-state index is 11.7. The maximum absolute atomic E-state index is 11.7. The molecule has 0 aliphatic carbocycles. The first-order chi connectivity index (χ1) is 11.2. The average molecular weight is 311 g/mol. The Balaban J connectivity index is 1.77. The van der Waals surface area contributed by atoms with Crippen LogP contribution in [0.25, 0.3) is 0 Å². The maximum Gasteiger partial charge on any atom is 0.277 e. The second-order valence-corrected chi connectivity index (χ2v) is 5.25.